The molecule has 8 heteroatoms. The van der Waals surface area contributed by atoms with Crippen molar-refractivity contribution in [2.45, 2.75) is 25.0 Å². The maximum atomic E-state index is 12.9. The van der Waals surface area contributed by atoms with Crippen molar-refractivity contribution in [2.24, 2.45) is 16.1 Å². The van der Waals surface area contributed by atoms with Gasteiger partial charge >= 0.3 is 0 Å². The molecule has 2 aromatic rings. The molecule has 160 valence electrons. The number of nitrogens with two attached hydrogens (primary N) is 1. The van der Waals surface area contributed by atoms with Gasteiger partial charge in [0.2, 0.25) is 0 Å². The van der Waals surface area contributed by atoms with E-state index in [1.807, 2.05) is 25.1 Å². The average molecular weight is 419 g/mol. The van der Waals surface area contributed by atoms with Crippen LogP contribution in [0.15, 0.2) is 41.7 Å². The smallest absolute Gasteiger partial charge is 0.192 e. The third kappa shape index (κ3) is 3.22. The Morgan fingerprint density at radius 1 is 1.35 bits per heavy atom. The fourth-order valence-electron chi connectivity index (χ4n) is 4.35. The molecular formula is C23H25N5O3. The molecule has 4 rings (SSSR count). The Bertz CT molecular complexity index is 1090. The minimum atomic E-state index is -1.30. The molecule has 3 atom stereocenters. The van der Waals surface area contributed by atoms with Gasteiger partial charge in [-0.3, -0.25) is 4.98 Å². The van der Waals surface area contributed by atoms with Crippen molar-refractivity contribution in [3.8, 4) is 22.9 Å². The highest BCUT2D eigenvalue weighted by Crippen LogP contribution is 2.55. The molecule has 1 aromatic heterocycles. The second kappa shape index (κ2) is 7.67. The van der Waals surface area contributed by atoms with E-state index in [9.17, 15) is 10.1 Å². The van der Waals surface area contributed by atoms with Crippen molar-refractivity contribution in [3.63, 3.8) is 0 Å². The van der Waals surface area contributed by atoms with E-state index < -0.39 is 11.0 Å². The molecule has 1 aromatic carbocycles. The van der Waals surface area contributed by atoms with Gasteiger partial charge in [-0.25, -0.2) is 4.99 Å². The van der Waals surface area contributed by atoms with Crippen LogP contribution in [0.1, 0.15) is 24.5 Å². The number of aromatic nitrogens is 1. The van der Waals surface area contributed by atoms with Gasteiger partial charge < -0.3 is 24.9 Å². The normalized spacial score (nSPS) is 27.3. The summed E-state index contributed by atoms with van der Waals surface area (Å²) >= 11 is 0. The van der Waals surface area contributed by atoms with Crippen molar-refractivity contribution < 1.29 is 14.3 Å². The number of guanidine groups is 1. The van der Waals surface area contributed by atoms with Crippen molar-refractivity contribution in [1.82, 2.24) is 9.88 Å². The molecule has 1 fully saturated rings. The Morgan fingerprint density at radius 2 is 2.16 bits per heavy atom. The van der Waals surface area contributed by atoms with Gasteiger partial charge in [-0.05, 0) is 23.8 Å². The van der Waals surface area contributed by atoms with Gasteiger partial charge in [0.1, 0.15) is 17.9 Å². The number of fused-ring (bicyclic) bond motifs is 2. The van der Waals surface area contributed by atoms with Gasteiger partial charge in [0.15, 0.2) is 17.8 Å². The summed E-state index contributed by atoms with van der Waals surface area (Å²) in [7, 11) is 3.56. The standard InChI is InChI=1S/C23H25N5O3/c1-22-14-30-7-6-20(22)31-19-5-4-16(17-8-15(10-24)11-26-12-17)9-18(19)23(22,13-29)27-21(25)28(2)3/h4-5,8-9,11-13,20H,6-7,14H2,1-3H3,(H2,25,27). The lowest BCUT2D eigenvalue weighted by molar-refractivity contribution is -0.146. The second-order valence-electron chi connectivity index (χ2n) is 8.40. The number of aldehydes is 1. The van der Waals surface area contributed by atoms with E-state index in [2.05, 4.69) is 11.1 Å². The first-order chi connectivity index (χ1) is 14.8. The van der Waals surface area contributed by atoms with Gasteiger partial charge in [-0.15, -0.1) is 0 Å². The van der Waals surface area contributed by atoms with Crippen LogP contribution in [0.25, 0.3) is 11.1 Å². The zero-order valence-corrected chi connectivity index (χ0v) is 17.8. The molecule has 0 spiro atoms. The van der Waals surface area contributed by atoms with Gasteiger partial charge in [0, 0.05) is 44.0 Å². The van der Waals surface area contributed by atoms with Crippen LogP contribution in [-0.2, 0) is 15.1 Å². The summed E-state index contributed by atoms with van der Waals surface area (Å²) in [5.41, 5.74) is 6.82. The lowest BCUT2D eigenvalue weighted by Gasteiger charge is -2.53. The zero-order valence-electron chi connectivity index (χ0n) is 17.8. The molecule has 0 saturated carbocycles. The first-order valence-electron chi connectivity index (χ1n) is 10.1. The summed E-state index contributed by atoms with van der Waals surface area (Å²) in [5, 5.41) is 9.23. The number of ether oxygens (including phenoxy) is 2. The van der Waals surface area contributed by atoms with Gasteiger partial charge in [0.05, 0.1) is 24.2 Å². The van der Waals surface area contributed by atoms with Crippen LogP contribution in [0, 0.1) is 16.7 Å². The highest BCUT2D eigenvalue weighted by Gasteiger charge is 2.61. The summed E-state index contributed by atoms with van der Waals surface area (Å²) in [4.78, 5) is 23.5. The fraction of sp³-hybridized carbons (Fsp3) is 0.391. The Labute approximate surface area is 181 Å². The van der Waals surface area contributed by atoms with Crippen LogP contribution in [0.3, 0.4) is 0 Å². The largest absolute Gasteiger partial charge is 0.489 e. The van der Waals surface area contributed by atoms with Gasteiger partial charge in [-0.1, -0.05) is 13.0 Å². The quantitative estimate of drug-likeness (QED) is 0.460. The number of hydrogen-bond donors (Lipinski definition) is 1. The number of carbonyl (C=O) groups is 1. The van der Waals surface area contributed by atoms with Crippen molar-refractivity contribution in [3.05, 3.63) is 47.8 Å². The van der Waals surface area contributed by atoms with Crippen molar-refractivity contribution >= 4 is 12.2 Å². The Balaban J connectivity index is 1.97. The third-order valence-electron chi connectivity index (χ3n) is 6.29. The first kappa shape index (κ1) is 20.8. The highest BCUT2D eigenvalue weighted by molar-refractivity contribution is 5.84. The molecule has 0 radical (unpaired) electrons. The monoisotopic (exact) mass is 419 g/mol. The zero-order chi connectivity index (χ0) is 22.2. The Hall–Kier alpha value is -3.44. The van der Waals surface area contributed by atoms with Crippen LogP contribution in [0.2, 0.25) is 0 Å². The predicted octanol–water partition coefficient (Wildman–Crippen LogP) is 2.08. The SMILES string of the molecule is CN(C)C(N)=NC1(C=O)c2cc(-c3cncc(C#N)c3)ccc2OC2CCOCC21C. The number of nitriles is 1. The molecule has 3 unspecified atom stereocenters. The maximum Gasteiger partial charge on any atom is 0.192 e. The number of pyridine rings is 1. The summed E-state index contributed by atoms with van der Waals surface area (Å²) in [6, 6.07) is 9.48. The first-order valence-corrected chi connectivity index (χ1v) is 10.1. The average Bonchev–Trinajstić information content (AvgIpc) is 2.78. The molecule has 1 saturated heterocycles. The lowest BCUT2D eigenvalue weighted by atomic mass is 9.62. The summed E-state index contributed by atoms with van der Waals surface area (Å²) in [5.74, 6) is 0.837. The molecule has 2 aliphatic heterocycles. The molecule has 2 N–H and O–H groups in total. The summed E-state index contributed by atoms with van der Waals surface area (Å²) in [6.07, 6.45) is 4.46. The van der Waals surface area contributed by atoms with E-state index in [1.165, 1.54) is 6.20 Å². The van der Waals surface area contributed by atoms with Crippen molar-refractivity contribution in [1.29, 1.82) is 5.26 Å². The van der Waals surface area contributed by atoms with E-state index in [4.69, 9.17) is 20.2 Å². The number of hydrogen-bond acceptors (Lipinski definition) is 6. The molecule has 2 aliphatic rings. The third-order valence-corrected chi connectivity index (χ3v) is 6.29. The molecule has 0 bridgehead atoms. The molecular weight excluding hydrogens is 394 g/mol. The molecule has 31 heavy (non-hydrogen) atoms. The van der Waals surface area contributed by atoms with Crippen LogP contribution in [0.5, 0.6) is 5.75 Å². The van der Waals surface area contributed by atoms with Crippen LogP contribution in [-0.4, -0.2) is 55.5 Å². The van der Waals surface area contributed by atoms with Gasteiger partial charge in [-0.2, -0.15) is 5.26 Å². The minimum Gasteiger partial charge on any atom is -0.489 e. The Kier molecular flexibility index (Phi) is 5.15. The lowest BCUT2D eigenvalue weighted by Crippen LogP contribution is -2.61. The van der Waals surface area contributed by atoms with E-state index >= 15 is 0 Å². The topological polar surface area (TPSA) is 114 Å². The minimum absolute atomic E-state index is 0.240. The number of rotatable bonds is 3. The van der Waals surface area contributed by atoms with Crippen molar-refractivity contribution in [2.75, 3.05) is 27.3 Å². The van der Waals surface area contributed by atoms with Crippen LogP contribution >= 0.6 is 0 Å². The highest BCUT2D eigenvalue weighted by atomic mass is 16.5. The molecule has 3 heterocycles. The Morgan fingerprint density at radius 3 is 2.87 bits per heavy atom. The maximum absolute atomic E-state index is 12.9. The number of benzene rings is 1. The fourth-order valence-corrected chi connectivity index (χ4v) is 4.35. The molecule has 0 amide bonds. The van der Waals surface area contributed by atoms with E-state index in [0.717, 1.165) is 17.4 Å². The predicted molar refractivity (Wildman–Crippen MR) is 115 cm³/mol. The van der Waals surface area contributed by atoms with E-state index in [0.29, 0.717) is 36.5 Å². The molecule has 0 aliphatic carbocycles. The summed E-state index contributed by atoms with van der Waals surface area (Å²) in [6.45, 7) is 2.84. The van der Waals surface area contributed by atoms with E-state index in [1.54, 1.807) is 31.3 Å². The molecule has 8 nitrogen and oxygen atoms in total. The number of carbonyl (C=O) groups excluding carboxylic acids is 1. The number of aliphatic imine (C=N–C) groups is 1. The van der Waals surface area contributed by atoms with Crippen LogP contribution in [0.4, 0.5) is 0 Å². The van der Waals surface area contributed by atoms with E-state index in [-0.39, 0.29) is 12.1 Å². The van der Waals surface area contributed by atoms with Gasteiger partial charge in [0.25, 0.3) is 0 Å². The number of nitrogens with zero attached hydrogens (tertiary/aromatic N) is 4. The van der Waals surface area contributed by atoms with Crippen LogP contribution < -0.4 is 10.5 Å². The second-order valence-corrected chi connectivity index (χ2v) is 8.40. The summed E-state index contributed by atoms with van der Waals surface area (Å²) < 4.78 is 12.1.